The first-order chi connectivity index (χ1) is 7.99. The number of hydrogen-bond donors (Lipinski definition) is 2. The van der Waals surface area contributed by atoms with E-state index in [1.807, 2.05) is 0 Å². The number of ether oxygens (including phenoxy) is 1. The lowest BCUT2D eigenvalue weighted by Crippen LogP contribution is -2.25. The molecular formula is C11H16N4O2. The minimum absolute atomic E-state index is 0.141. The van der Waals surface area contributed by atoms with Crippen LogP contribution in [0.3, 0.4) is 0 Å². The number of carbonyl (C=O) groups excluding carboxylic acids is 1. The number of ketones is 1. The summed E-state index contributed by atoms with van der Waals surface area (Å²) in [5.41, 5.74) is 12.5. The van der Waals surface area contributed by atoms with Crippen molar-refractivity contribution in [3.8, 4) is 0 Å². The van der Waals surface area contributed by atoms with Gasteiger partial charge in [0.2, 0.25) is 5.90 Å². The van der Waals surface area contributed by atoms with Gasteiger partial charge in [0.25, 0.3) is 0 Å². The van der Waals surface area contributed by atoms with E-state index in [1.54, 1.807) is 19.2 Å². The summed E-state index contributed by atoms with van der Waals surface area (Å²) >= 11 is 0. The van der Waals surface area contributed by atoms with Crippen molar-refractivity contribution in [1.82, 2.24) is 5.01 Å². The zero-order valence-corrected chi connectivity index (χ0v) is 10.1. The molecule has 0 aromatic heterocycles. The summed E-state index contributed by atoms with van der Waals surface area (Å²) in [4.78, 5) is 11.4. The Labute approximate surface area is 99.9 Å². The number of methoxy groups -OCH3 is 1. The maximum absolute atomic E-state index is 11.4. The molecule has 0 aromatic rings. The summed E-state index contributed by atoms with van der Waals surface area (Å²) in [6.45, 7) is 3.16. The van der Waals surface area contributed by atoms with Crippen molar-refractivity contribution >= 4 is 11.7 Å². The summed E-state index contributed by atoms with van der Waals surface area (Å²) in [7, 11) is 1.45. The SMILES string of the molecule is COC1=NN(/C=C(\C)N)/C(=C\N)C=C1C(C)=O. The summed E-state index contributed by atoms with van der Waals surface area (Å²) in [6, 6.07) is 0. The van der Waals surface area contributed by atoms with Gasteiger partial charge in [-0.3, -0.25) is 4.79 Å². The van der Waals surface area contributed by atoms with E-state index in [2.05, 4.69) is 5.10 Å². The minimum Gasteiger partial charge on any atom is -0.479 e. The number of carbonyl (C=O) groups is 1. The Balaban J connectivity index is 3.21. The van der Waals surface area contributed by atoms with E-state index in [1.165, 1.54) is 25.2 Å². The molecule has 0 fully saturated rings. The largest absolute Gasteiger partial charge is 0.479 e. The first-order valence-electron chi connectivity index (χ1n) is 5.00. The predicted molar refractivity (Wildman–Crippen MR) is 65.3 cm³/mol. The zero-order chi connectivity index (χ0) is 13.0. The van der Waals surface area contributed by atoms with Gasteiger partial charge in [-0.25, -0.2) is 5.01 Å². The second-order valence-electron chi connectivity index (χ2n) is 3.53. The number of nitrogens with zero attached hydrogens (tertiary/aromatic N) is 2. The van der Waals surface area contributed by atoms with E-state index in [-0.39, 0.29) is 11.7 Å². The van der Waals surface area contributed by atoms with E-state index < -0.39 is 0 Å². The molecule has 17 heavy (non-hydrogen) atoms. The van der Waals surface area contributed by atoms with Crippen LogP contribution in [0.2, 0.25) is 0 Å². The molecule has 0 spiro atoms. The van der Waals surface area contributed by atoms with Crippen molar-refractivity contribution in [2.45, 2.75) is 13.8 Å². The van der Waals surface area contributed by atoms with Crippen LogP contribution in [0.4, 0.5) is 0 Å². The molecule has 0 radical (unpaired) electrons. The molecule has 0 atom stereocenters. The Kier molecular flexibility index (Phi) is 3.92. The maximum Gasteiger partial charge on any atom is 0.242 e. The minimum atomic E-state index is -0.141. The molecule has 1 heterocycles. The zero-order valence-electron chi connectivity index (χ0n) is 10.1. The molecule has 0 saturated heterocycles. The van der Waals surface area contributed by atoms with Crippen LogP contribution >= 0.6 is 0 Å². The maximum atomic E-state index is 11.4. The number of hydrazone groups is 1. The van der Waals surface area contributed by atoms with Crippen molar-refractivity contribution in [3.05, 3.63) is 35.4 Å². The van der Waals surface area contributed by atoms with Crippen molar-refractivity contribution in [2.75, 3.05) is 7.11 Å². The molecule has 4 N–H and O–H groups in total. The molecular weight excluding hydrogens is 220 g/mol. The predicted octanol–water partition coefficient (Wildman–Crippen LogP) is 0.397. The third kappa shape index (κ3) is 2.87. The average molecular weight is 236 g/mol. The van der Waals surface area contributed by atoms with E-state index in [0.717, 1.165) is 0 Å². The Morgan fingerprint density at radius 2 is 2.18 bits per heavy atom. The second-order valence-corrected chi connectivity index (χ2v) is 3.53. The summed E-state index contributed by atoms with van der Waals surface area (Å²) in [5.74, 6) is 0.0960. The number of hydrogen-bond acceptors (Lipinski definition) is 6. The van der Waals surface area contributed by atoms with Crippen LogP contribution in [0.25, 0.3) is 0 Å². The molecule has 1 aliphatic rings. The van der Waals surface area contributed by atoms with Crippen LogP contribution in [-0.2, 0) is 9.53 Å². The molecule has 1 rings (SSSR count). The molecule has 1 aliphatic heterocycles. The molecule has 0 amide bonds. The van der Waals surface area contributed by atoms with Gasteiger partial charge in [-0.05, 0) is 19.9 Å². The van der Waals surface area contributed by atoms with Crippen LogP contribution in [0, 0.1) is 0 Å². The van der Waals surface area contributed by atoms with E-state index in [0.29, 0.717) is 17.0 Å². The molecule has 0 aromatic carbocycles. The van der Waals surface area contributed by atoms with E-state index in [4.69, 9.17) is 16.2 Å². The molecule has 0 bridgehead atoms. The third-order valence-corrected chi connectivity index (χ3v) is 2.06. The fourth-order valence-electron chi connectivity index (χ4n) is 1.31. The lowest BCUT2D eigenvalue weighted by molar-refractivity contribution is -0.113. The smallest absolute Gasteiger partial charge is 0.242 e. The monoisotopic (exact) mass is 236 g/mol. The van der Waals surface area contributed by atoms with Gasteiger partial charge in [0.1, 0.15) is 0 Å². The van der Waals surface area contributed by atoms with Gasteiger partial charge < -0.3 is 16.2 Å². The number of allylic oxidation sites excluding steroid dienone is 2. The van der Waals surface area contributed by atoms with Crippen molar-refractivity contribution in [1.29, 1.82) is 0 Å². The third-order valence-electron chi connectivity index (χ3n) is 2.06. The quantitative estimate of drug-likeness (QED) is 0.723. The van der Waals surface area contributed by atoms with Crippen LogP contribution in [0.1, 0.15) is 13.8 Å². The van der Waals surface area contributed by atoms with E-state index >= 15 is 0 Å². The fraction of sp³-hybridized carbons (Fsp3) is 0.273. The van der Waals surface area contributed by atoms with Crippen LogP contribution < -0.4 is 11.5 Å². The number of Topliss-reactive ketones (excluding diaryl/α,β-unsaturated/α-hetero) is 1. The highest BCUT2D eigenvalue weighted by atomic mass is 16.5. The average Bonchev–Trinajstić information content (AvgIpc) is 2.27. The molecule has 6 heteroatoms. The van der Waals surface area contributed by atoms with Gasteiger partial charge in [0.15, 0.2) is 5.78 Å². The van der Waals surface area contributed by atoms with Gasteiger partial charge in [-0.15, -0.1) is 5.10 Å². The van der Waals surface area contributed by atoms with Crippen molar-refractivity contribution in [3.63, 3.8) is 0 Å². The summed E-state index contributed by atoms with van der Waals surface area (Å²) in [6.07, 6.45) is 4.54. The normalized spacial score (nSPS) is 18.9. The molecule has 0 saturated carbocycles. The van der Waals surface area contributed by atoms with Gasteiger partial charge in [-0.2, -0.15) is 0 Å². The highest BCUT2D eigenvalue weighted by Crippen LogP contribution is 2.19. The number of nitrogens with two attached hydrogens (primary N) is 2. The first kappa shape index (κ1) is 12.8. The van der Waals surface area contributed by atoms with Gasteiger partial charge >= 0.3 is 0 Å². The molecule has 0 aliphatic carbocycles. The Morgan fingerprint density at radius 3 is 2.59 bits per heavy atom. The highest BCUT2D eigenvalue weighted by molar-refractivity contribution is 6.19. The topological polar surface area (TPSA) is 93.9 Å². The Morgan fingerprint density at radius 1 is 1.53 bits per heavy atom. The van der Waals surface area contributed by atoms with Crippen molar-refractivity contribution < 1.29 is 9.53 Å². The van der Waals surface area contributed by atoms with Gasteiger partial charge in [0, 0.05) is 18.1 Å². The second kappa shape index (κ2) is 5.20. The van der Waals surface area contributed by atoms with Crippen LogP contribution in [0.15, 0.2) is 40.5 Å². The summed E-state index contributed by atoms with van der Waals surface area (Å²) in [5, 5.41) is 5.59. The van der Waals surface area contributed by atoms with Crippen LogP contribution in [0.5, 0.6) is 0 Å². The van der Waals surface area contributed by atoms with Gasteiger partial charge in [-0.1, -0.05) is 0 Å². The highest BCUT2D eigenvalue weighted by Gasteiger charge is 2.21. The molecule has 92 valence electrons. The standard InChI is InChI=1S/C11H16N4O2/c1-7(13)6-15-9(5-12)4-10(8(2)16)11(14-15)17-3/h4-6H,12-13H2,1-3H3/b7-6+,9-5-. The molecule has 6 nitrogen and oxygen atoms in total. The summed E-state index contributed by atoms with van der Waals surface area (Å²) < 4.78 is 5.05. The molecule has 0 unspecified atom stereocenters. The Hall–Kier alpha value is -2.24. The van der Waals surface area contributed by atoms with Crippen LogP contribution in [-0.4, -0.2) is 23.8 Å². The first-order valence-corrected chi connectivity index (χ1v) is 5.00. The fourth-order valence-corrected chi connectivity index (χ4v) is 1.31. The lowest BCUT2D eigenvalue weighted by atomic mass is 10.1. The van der Waals surface area contributed by atoms with Crippen molar-refractivity contribution in [2.24, 2.45) is 16.6 Å². The van der Waals surface area contributed by atoms with Gasteiger partial charge in [0.05, 0.1) is 18.4 Å². The lowest BCUT2D eigenvalue weighted by Gasteiger charge is -2.22. The van der Waals surface area contributed by atoms with E-state index in [9.17, 15) is 4.79 Å². The Bertz CT molecular complexity index is 442. The number of rotatable bonds is 2.